The number of aryl methyl sites for hydroxylation is 1. The van der Waals surface area contributed by atoms with Gasteiger partial charge in [-0.3, -0.25) is 4.79 Å². The van der Waals surface area contributed by atoms with Crippen LogP contribution in [0.1, 0.15) is 25.2 Å². The Labute approximate surface area is 123 Å². The van der Waals surface area contributed by atoms with Crippen molar-refractivity contribution >= 4 is 16.9 Å². The van der Waals surface area contributed by atoms with Crippen molar-refractivity contribution in [3.05, 3.63) is 24.1 Å². The molecule has 1 aliphatic heterocycles. The minimum absolute atomic E-state index is 0.387. The highest BCUT2D eigenvalue weighted by Gasteiger charge is 2.15. The molecule has 1 aliphatic rings. The summed E-state index contributed by atoms with van der Waals surface area (Å²) in [6.07, 6.45) is 2.35. The minimum Gasteiger partial charge on any atom is -0.493 e. The fourth-order valence-corrected chi connectivity index (χ4v) is 2.61. The van der Waals surface area contributed by atoms with Gasteiger partial charge in [0, 0.05) is 45.5 Å². The smallest absolute Gasteiger partial charge is 0.192 e. The van der Waals surface area contributed by atoms with E-state index in [1.807, 2.05) is 25.1 Å². The van der Waals surface area contributed by atoms with Crippen molar-refractivity contribution < 1.29 is 13.9 Å². The van der Waals surface area contributed by atoms with Crippen molar-refractivity contribution in [2.45, 2.75) is 26.2 Å². The normalized spacial score (nSPS) is 16.5. The number of oxazole rings is 1. The van der Waals surface area contributed by atoms with Crippen LogP contribution in [0.4, 0.5) is 0 Å². The summed E-state index contributed by atoms with van der Waals surface area (Å²) < 4.78 is 11.2. The van der Waals surface area contributed by atoms with Gasteiger partial charge in [0.15, 0.2) is 11.5 Å². The van der Waals surface area contributed by atoms with Crippen LogP contribution in [0.25, 0.3) is 11.1 Å². The molecule has 112 valence electrons. The molecule has 0 N–H and O–H groups in total. The Morgan fingerprint density at radius 2 is 2.14 bits per heavy atom. The fraction of sp³-hybridized carbons (Fsp3) is 0.500. The van der Waals surface area contributed by atoms with Gasteiger partial charge in [0.1, 0.15) is 17.0 Å². The van der Waals surface area contributed by atoms with Crippen LogP contribution in [0.3, 0.4) is 0 Å². The van der Waals surface area contributed by atoms with Crippen molar-refractivity contribution in [3.8, 4) is 5.75 Å². The number of fused-ring (bicyclic) bond motifs is 1. The van der Waals surface area contributed by atoms with Gasteiger partial charge in [-0.15, -0.1) is 0 Å². The maximum Gasteiger partial charge on any atom is 0.192 e. The van der Waals surface area contributed by atoms with Crippen LogP contribution in [0.2, 0.25) is 0 Å². The molecule has 0 aliphatic carbocycles. The molecule has 0 bridgehead atoms. The summed E-state index contributed by atoms with van der Waals surface area (Å²) in [6, 6.07) is 5.72. The highest BCUT2D eigenvalue weighted by atomic mass is 16.5. The Balaban J connectivity index is 1.44. The summed E-state index contributed by atoms with van der Waals surface area (Å²) in [4.78, 5) is 17.8. The molecule has 2 heterocycles. The molecule has 5 heteroatoms. The maximum atomic E-state index is 11.2. The van der Waals surface area contributed by atoms with E-state index in [2.05, 4.69) is 9.88 Å². The van der Waals surface area contributed by atoms with E-state index in [0.717, 1.165) is 42.9 Å². The van der Waals surface area contributed by atoms with E-state index in [-0.39, 0.29) is 0 Å². The third-order valence-corrected chi connectivity index (χ3v) is 3.77. The van der Waals surface area contributed by atoms with Crippen LogP contribution < -0.4 is 4.74 Å². The van der Waals surface area contributed by atoms with Crippen molar-refractivity contribution in [1.82, 2.24) is 9.88 Å². The van der Waals surface area contributed by atoms with E-state index < -0.39 is 0 Å². The lowest BCUT2D eigenvalue weighted by Crippen LogP contribution is -2.34. The van der Waals surface area contributed by atoms with Crippen LogP contribution in [0.15, 0.2) is 22.6 Å². The zero-order valence-electron chi connectivity index (χ0n) is 12.3. The topological polar surface area (TPSA) is 55.6 Å². The van der Waals surface area contributed by atoms with Gasteiger partial charge in [0.2, 0.25) is 0 Å². The Bertz CT molecular complexity index is 625. The zero-order valence-corrected chi connectivity index (χ0v) is 12.3. The third-order valence-electron chi connectivity index (χ3n) is 3.77. The van der Waals surface area contributed by atoms with Crippen LogP contribution in [-0.4, -0.2) is 41.9 Å². The zero-order chi connectivity index (χ0) is 14.7. The number of benzene rings is 1. The molecular weight excluding hydrogens is 268 g/mol. The van der Waals surface area contributed by atoms with Crippen molar-refractivity contribution in [1.29, 1.82) is 0 Å². The van der Waals surface area contributed by atoms with E-state index in [4.69, 9.17) is 9.15 Å². The average molecular weight is 288 g/mol. The second-order valence-corrected chi connectivity index (χ2v) is 5.44. The maximum absolute atomic E-state index is 11.2. The number of rotatable bonds is 5. The van der Waals surface area contributed by atoms with Gasteiger partial charge in [-0.25, -0.2) is 4.98 Å². The van der Waals surface area contributed by atoms with Gasteiger partial charge in [0.25, 0.3) is 0 Å². The second-order valence-electron chi connectivity index (χ2n) is 5.44. The first-order chi connectivity index (χ1) is 10.2. The molecule has 0 amide bonds. The molecule has 21 heavy (non-hydrogen) atoms. The first kappa shape index (κ1) is 14.1. The molecule has 1 saturated heterocycles. The number of likely N-dealkylation sites (tertiary alicyclic amines) is 1. The van der Waals surface area contributed by atoms with Gasteiger partial charge in [0.05, 0.1) is 6.61 Å². The summed E-state index contributed by atoms with van der Waals surface area (Å²) in [5, 5.41) is 0. The largest absolute Gasteiger partial charge is 0.493 e. The minimum atomic E-state index is 0.387. The predicted octanol–water partition coefficient (Wildman–Crippen LogP) is 2.57. The number of Topliss-reactive ketones (excluding diaryl/α,β-unsaturated/α-hetero) is 1. The third kappa shape index (κ3) is 3.61. The summed E-state index contributed by atoms with van der Waals surface area (Å²) in [5.74, 6) is 1.87. The monoisotopic (exact) mass is 288 g/mol. The molecule has 1 fully saturated rings. The first-order valence-electron chi connectivity index (χ1n) is 7.45. The predicted molar refractivity (Wildman–Crippen MR) is 79.5 cm³/mol. The molecular formula is C16H20N2O3. The number of ketones is 1. The van der Waals surface area contributed by atoms with Crippen LogP contribution in [0.5, 0.6) is 5.75 Å². The van der Waals surface area contributed by atoms with Crippen molar-refractivity contribution in [2.24, 2.45) is 0 Å². The molecule has 3 rings (SSSR count). The summed E-state index contributed by atoms with van der Waals surface area (Å²) in [5.41, 5.74) is 1.62. The quantitative estimate of drug-likeness (QED) is 0.791. The summed E-state index contributed by atoms with van der Waals surface area (Å²) in [6.45, 7) is 5.27. The van der Waals surface area contributed by atoms with E-state index >= 15 is 0 Å². The Hall–Kier alpha value is -1.88. The van der Waals surface area contributed by atoms with Gasteiger partial charge < -0.3 is 14.1 Å². The molecule has 1 aromatic heterocycles. The Kier molecular flexibility index (Phi) is 4.20. The van der Waals surface area contributed by atoms with Crippen LogP contribution in [0, 0.1) is 6.92 Å². The number of carbonyl (C=O) groups is 1. The van der Waals surface area contributed by atoms with Crippen LogP contribution >= 0.6 is 0 Å². The fourth-order valence-electron chi connectivity index (χ4n) is 2.61. The van der Waals surface area contributed by atoms with E-state index in [1.165, 1.54) is 0 Å². The lowest BCUT2D eigenvalue weighted by atomic mass is 10.1. The highest BCUT2D eigenvalue weighted by molar-refractivity contribution is 5.79. The Morgan fingerprint density at radius 3 is 2.95 bits per heavy atom. The number of hydrogen-bond donors (Lipinski definition) is 0. The standard InChI is InChI=1S/C16H20N2O3/c1-12-17-15-4-3-14(11-16(15)21-12)20-10-2-7-18-8-5-13(19)6-9-18/h3-4,11H,2,5-10H2,1H3. The van der Waals surface area contributed by atoms with Crippen molar-refractivity contribution in [2.75, 3.05) is 26.2 Å². The van der Waals surface area contributed by atoms with Gasteiger partial charge >= 0.3 is 0 Å². The number of aromatic nitrogens is 1. The molecule has 0 radical (unpaired) electrons. The molecule has 0 atom stereocenters. The van der Waals surface area contributed by atoms with Crippen molar-refractivity contribution in [3.63, 3.8) is 0 Å². The summed E-state index contributed by atoms with van der Waals surface area (Å²) in [7, 11) is 0. The molecule has 1 aromatic carbocycles. The molecule has 0 unspecified atom stereocenters. The van der Waals surface area contributed by atoms with Gasteiger partial charge in [-0.1, -0.05) is 0 Å². The number of nitrogens with zero attached hydrogens (tertiary/aromatic N) is 2. The summed E-state index contributed by atoms with van der Waals surface area (Å²) >= 11 is 0. The van der Waals surface area contributed by atoms with Gasteiger partial charge in [-0.05, 0) is 18.6 Å². The number of piperidine rings is 1. The Morgan fingerprint density at radius 1 is 1.33 bits per heavy atom. The second kappa shape index (κ2) is 6.26. The lowest BCUT2D eigenvalue weighted by molar-refractivity contribution is -0.121. The number of carbonyl (C=O) groups excluding carboxylic acids is 1. The lowest BCUT2D eigenvalue weighted by Gasteiger charge is -2.25. The number of hydrogen-bond acceptors (Lipinski definition) is 5. The molecule has 0 spiro atoms. The highest BCUT2D eigenvalue weighted by Crippen LogP contribution is 2.21. The number of ether oxygens (including phenoxy) is 1. The molecule has 2 aromatic rings. The molecule has 5 nitrogen and oxygen atoms in total. The average Bonchev–Trinajstić information content (AvgIpc) is 2.85. The molecule has 0 saturated carbocycles. The van der Waals surface area contributed by atoms with Gasteiger partial charge in [-0.2, -0.15) is 0 Å². The van der Waals surface area contributed by atoms with Crippen LogP contribution in [-0.2, 0) is 4.79 Å². The van der Waals surface area contributed by atoms with E-state index in [0.29, 0.717) is 31.1 Å². The first-order valence-corrected chi connectivity index (χ1v) is 7.45. The van der Waals surface area contributed by atoms with E-state index in [1.54, 1.807) is 0 Å². The van der Waals surface area contributed by atoms with E-state index in [9.17, 15) is 4.79 Å². The SMILES string of the molecule is Cc1nc2ccc(OCCCN3CCC(=O)CC3)cc2o1.